The van der Waals surface area contributed by atoms with Crippen LogP contribution in [-0.2, 0) is 0 Å². The van der Waals surface area contributed by atoms with E-state index >= 15 is 0 Å². The molecule has 3 N–H and O–H groups in total. The van der Waals surface area contributed by atoms with Gasteiger partial charge in [0.2, 0.25) is 5.88 Å². The van der Waals surface area contributed by atoms with Crippen molar-refractivity contribution in [1.29, 1.82) is 0 Å². The van der Waals surface area contributed by atoms with E-state index in [0.29, 0.717) is 18.3 Å². The standard InChI is InChI=1S/C13H22N4O/c1-18-13-9-15-8-12(17-13)16-11(7-14)10-5-3-2-4-6-10/h8-11H,2-7,14H2,1H3,(H,16,17). The predicted molar refractivity (Wildman–Crippen MR) is 71.6 cm³/mol. The number of aromatic nitrogens is 2. The lowest BCUT2D eigenvalue weighted by Crippen LogP contribution is -2.37. The number of methoxy groups -OCH3 is 1. The van der Waals surface area contributed by atoms with Gasteiger partial charge in [-0.1, -0.05) is 19.3 Å². The molecule has 5 heteroatoms. The zero-order chi connectivity index (χ0) is 12.8. The van der Waals surface area contributed by atoms with Crippen molar-refractivity contribution in [2.24, 2.45) is 11.7 Å². The minimum absolute atomic E-state index is 0.284. The Balaban J connectivity index is 1.99. The van der Waals surface area contributed by atoms with Gasteiger partial charge in [-0.25, -0.2) is 0 Å². The molecular weight excluding hydrogens is 228 g/mol. The van der Waals surface area contributed by atoms with Crippen molar-refractivity contribution in [1.82, 2.24) is 9.97 Å². The fraction of sp³-hybridized carbons (Fsp3) is 0.692. The van der Waals surface area contributed by atoms with E-state index in [4.69, 9.17) is 10.5 Å². The van der Waals surface area contributed by atoms with Crippen LogP contribution in [0.2, 0.25) is 0 Å². The Hall–Kier alpha value is -1.36. The number of hydrogen-bond donors (Lipinski definition) is 2. The Morgan fingerprint density at radius 2 is 2.17 bits per heavy atom. The molecule has 1 aromatic heterocycles. The third kappa shape index (κ3) is 3.32. The fourth-order valence-electron chi connectivity index (χ4n) is 2.61. The van der Waals surface area contributed by atoms with Gasteiger partial charge in [0, 0.05) is 12.6 Å². The van der Waals surface area contributed by atoms with Crippen molar-refractivity contribution in [3.05, 3.63) is 12.4 Å². The maximum atomic E-state index is 5.88. The molecule has 0 aromatic carbocycles. The Morgan fingerprint density at radius 3 is 2.83 bits per heavy atom. The SMILES string of the molecule is COc1cncc(NC(CN)C2CCCCC2)n1. The van der Waals surface area contributed by atoms with Crippen molar-refractivity contribution in [2.75, 3.05) is 19.0 Å². The zero-order valence-corrected chi connectivity index (χ0v) is 10.9. The van der Waals surface area contributed by atoms with Crippen molar-refractivity contribution in [3.8, 4) is 5.88 Å². The van der Waals surface area contributed by atoms with Gasteiger partial charge in [-0.05, 0) is 18.8 Å². The summed E-state index contributed by atoms with van der Waals surface area (Å²) in [6.07, 6.45) is 9.81. The van der Waals surface area contributed by atoms with Crippen LogP contribution in [0.5, 0.6) is 5.88 Å². The van der Waals surface area contributed by atoms with Gasteiger partial charge in [0.1, 0.15) is 5.82 Å². The van der Waals surface area contributed by atoms with Crippen LogP contribution in [0.25, 0.3) is 0 Å². The normalized spacial score (nSPS) is 18.3. The summed E-state index contributed by atoms with van der Waals surface area (Å²) >= 11 is 0. The molecule has 0 radical (unpaired) electrons. The third-order valence-electron chi connectivity index (χ3n) is 3.63. The minimum Gasteiger partial charge on any atom is -0.480 e. The summed E-state index contributed by atoms with van der Waals surface area (Å²) in [6, 6.07) is 0.284. The maximum absolute atomic E-state index is 5.88. The number of rotatable bonds is 5. The average Bonchev–Trinajstić information content (AvgIpc) is 2.46. The lowest BCUT2D eigenvalue weighted by atomic mass is 9.84. The molecule has 2 rings (SSSR count). The summed E-state index contributed by atoms with van der Waals surface area (Å²) in [5, 5.41) is 3.39. The maximum Gasteiger partial charge on any atom is 0.233 e. The van der Waals surface area contributed by atoms with Gasteiger partial charge in [-0.15, -0.1) is 0 Å². The van der Waals surface area contributed by atoms with E-state index in [1.807, 2.05) is 0 Å². The van der Waals surface area contributed by atoms with Crippen LogP contribution in [0.15, 0.2) is 12.4 Å². The monoisotopic (exact) mass is 250 g/mol. The average molecular weight is 250 g/mol. The van der Waals surface area contributed by atoms with Crippen LogP contribution >= 0.6 is 0 Å². The topological polar surface area (TPSA) is 73.1 Å². The lowest BCUT2D eigenvalue weighted by Gasteiger charge is -2.30. The third-order valence-corrected chi connectivity index (χ3v) is 3.63. The fourth-order valence-corrected chi connectivity index (χ4v) is 2.61. The van der Waals surface area contributed by atoms with E-state index in [0.717, 1.165) is 5.82 Å². The molecule has 1 heterocycles. The number of anilines is 1. The van der Waals surface area contributed by atoms with Gasteiger partial charge in [-0.2, -0.15) is 4.98 Å². The second-order valence-electron chi connectivity index (χ2n) is 4.83. The Labute approximate surface area is 108 Å². The number of nitrogens with two attached hydrogens (primary N) is 1. The highest BCUT2D eigenvalue weighted by Crippen LogP contribution is 2.27. The van der Waals surface area contributed by atoms with Gasteiger partial charge in [0.25, 0.3) is 0 Å². The molecule has 100 valence electrons. The molecule has 5 nitrogen and oxygen atoms in total. The highest BCUT2D eigenvalue weighted by Gasteiger charge is 2.22. The van der Waals surface area contributed by atoms with Crippen molar-refractivity contribution >= 4 is 5.82 Å². The molecule has 0 spiro atoms. The second-order valence-corrected chi connectivity index (χ2v) is 4.83. The summed E-state index contributed by atoms with van der Waals surface area (Å²) in [7, 11) is 1.59. The first-order valence-corrected chi connectivity index (χ1v) is 6.66. The molecule has 0 amide bonds. The highest BCUT2D eigenvalue weighted by atomic mass is 16.5. The van der Waals surface area contributed by atoms with Gasteiger partial charge < -0.3 is 15.8 Å². The second kappa shape index (κ2) is 6.54. The van der Waals surface area contributed by atoms with Crippen LogP contribution in [0.4, 0.5) is 5.82 Å². The molecule has 0 bridgehead atoms. The van der Waals surface area contributed by atoms with Crippen molar-refractivity contribution < 1.29 is 4.74 Å². The predicted octanol–water partition coefficient (Wildman–Crippen LogP) is 1.80. The molecule has 1 saturated carbocycles. The number of ether oxygens (including phenoxy) is 1. The molecule has 1 aliphatic rings. The van der Waals surface area contributed by atoms with Crippen molar-refractivity contribution in [2.45, 2.75) is 38.1 Å². The number of nitrogens with one attached hydrogen (secondary N) is 1. The van der Waals surface area contributed by atoms with E-state index in [9.17, 15) is 0 Å². The van der Waals surface area contributed by atoms with Gasteiger partial charge in [0.15, 0.2) is 0 Å². The van der Waals surface area contributed by atoms with Gasteiger partial charge >= 0.3 is 0 Å². The van der Waals surface area contributed by atoms with Crippen LogP contribution < -0.4 is 15.8 Å². The molecule has 18 heavy (non-hydrogen) atoms. The molecule has 0 aliphatic heterocycles. The van der Waals surface area contributed by atoms with E-state index < -0.39 is 0 Å². The van der Waals surface area contributed by atoms with Crippen LogP contribution in [-0.4, -0.2) is 29.7 Å². The molecule has 0 saturated heterocycles. The van der Waals surface area contributed by atoms with Crippen molar-refractivity contribution in [3.63, 3.8) is 0 Å². The first-order valence-electron chi connectivity index (χ1n) is 6.66. The van der Waals surface area contributed by atoms with E-state index in [2.05, 4.69) is 15.3 Å². The number of hydrogen-bond acceptors (Lipinski definition) is 5. The smallest absolute Gasteiger partial charge is 0.233 e. The molecule has 1 fully saturated rings. The molecular formula is C13H22N4O. The Morgan fingerprint density at radius 1 is 1.39 bits per heavy atom. The highest BCUT2D eigenvalue weighted by molar-refractivity contribution is 5.35. The summed E-state index contributed by atoms with van der Waals surface area (Å²) in [5.41, 5.74) is 5.88. The first-order chi connectivity index (χ1) is 8.83. The Bertz CT molecular complexity index is 366. The number of nitrogens with zero attached hydrogens (tertiary/aromatic N) is 2. The quantitative estimate of drug-likeness (QED) is 0.833. The molecule has 1 aliphatic carbocycles. The van der Waals surface area contributed by atoms with Crippen LogP contribution in [0, 0.1) is 5.92 Å². The lowest BCUT2D eigenvalue weighted by molar-refractivity contribution is 0.320. The Kier molecular flexibility index (Phi) is 4.75. The van der Waals surface area contributed by atoms with Crippen LogP contribution in [0.1, 0.15) is 32.1 Å². The summed E-state index contributed by atoms with van der Waals surface area (Å²) in [6.45, 7) is 0.629. The summed E-state index contributed by atoms with van der Waals surface area (Å²) < 4.78 is 5.07. The summed E-state index contributed by atoms with van der Waals surface area (Å²) in [5.74, 6) is 1.92. The first kappa shape index (κ1) is 13.1. The van der Waals surface area contributed by atoms with E-state index in [-0.39, 0.29) is 6.04 Å². The molecule has 1 unspecified atom stereocenters. The largest absolute Gasteiger partial charge is 0.480 e. The van der Waals surface area contributed by atoms with Gasteiger partial charge in [0.05, 0.1) is 19.5 Å². The molecule has 1 atom stereocenters. The van der Waals surface area contributed by atoms with E-state index in [1.54, 1.807) is 19.5 Å². The summed E-state index contributed by atoms with van der Waals surface area (Å²) in [4.78, 5) is 8.42. The van der Waals surface area contributed by atoms with Gasteiger partial charge in [-0.3, -0.25) is 4.98 Å². The minimum atomic E-state index is 0.284. The molecule has 1 aromatic rings. The zero-order valence-electron chi connectivity index (χ0n) is 10.9. The van der Waals surface area contributed by atoms with E-state index in [1.165, 1.54) is 32.1 Å². The van der Waals surface area contributed by atoms with Crippen LogP contribution in [0.3, 0.4) is 0 Å².